The summed E-state index contributed by atoms with van der Waals surface area (Å²) in [7, 11) is 1.75. The van der Waals surface area contributed by atoms with Gasteiger partial charge in [-0.15, -0.1) is 10.2 Å². The van der Waals surface area contributed by atoms with Gasteiger partial charge < -0.3 is 15.3 Å². The number of aryl methyl sites for hydroxylation is 1. The van der Waals surface area contributed by atoms with Crippen molar-refractivity contribution < 1.29 is 5.11 Å². The molecule has 1 unspecified atom stereocenters. The van der Waals surface area contributed by atoms with Crippen molar-refractivity contribution in [3.05, 3.63) is 42.6 Å². The van der Waals surface area contributed by atoms with Gasteiger partial charge in [0, 0.05) is 42.8 Å². The molecule has 0 saturated carbocycles. The monoisotopic (exact) mass is 409 g/mol. The predicted octanol–water partition coefficient (Wildman–Crippen LogP) is 2.96. The Morgan fingerprint density at radius 3 is 2.70 bits per heavy atom. The minimum atomic E-state index is 0.0922. The zero-order valence-corrected chi connectivity index (χ0v) is 18.4. The predicted molar refractivity (Wildman–Crippen MR) is 121 cm³/mol. The molecule has 1 aromatic heterocycles. The Labute approximate surface area is 178 Å². The summed E-state index contributed by atoms with van der Waals surface area (Å²) in [5.74, 6) is 0.948. The number of aromatic nitrogens is 3. The summed E-state index contributed by atoms with van der Waals surface area (Å²) in [6.45, 7) is 14.2. The molecule has 2 N–H and O–H groups in total. The number of aromatic hydroxyl groups is 1. The van der Waals surface area contributed by atoms with Gasteiger partial charge in [-0.05, 0) is 52.3 Å². The number of allylic oxidation sites excluding steroid dienone is 1. The lowest BCUT2D eigenvalue weighted by Crippen LogP contribution is -2.45. The average molecular weight is 410 g/mol. The van der Waals surface area contributed by atoms with E-state index >= 15 is 0 Å². The standard InChI is InChI=1S/C22H31N7O/c1-7-19(18-9-8-16(12-21(18)30)20-13-23-28(6)27-20)26-25-15(2)29-11-10-17(14-29)24-22(3,4)5/h7-9,12-13,17,24,30H,1,10-11,14H2,2-6H3/b25-15+,26-19+. The van der Waals surface area contributed by atoms with Gasteiger partial charge in [-0.1, -0.05) is 12.6 Å². The van der Waals surface area contributed by atoms with E-state index in [1.54, 1.807) is 31.5 Å². The van der Waals surface area contributed by atoms with Crippen LogP contribution >= 0.6 is 0 Å². The Morgan fingerprint density at radius 1 is 1.33 bits per heavy atom. The fourth-order valence-electron chi connectivity index (χ4n) is 3.56. The maximum absolute atomic E-state index is 10.5. The van der Waals surface area contributed by atoms with Crippen molar-refractivity contribution in [1.29, 1.82) is 0 Å². The Balaban J connectivity index is 1.74. The molecule has 1 atom stereocenters. The summed E-state index contributed by atoms with van der Waals surface area (Å²) < 4.78 is 0. The maximum atomic E-state index is 10.5. The molecule has 1 fully saturated rings. The molecule has 0 bridgehead atoms. The Kier molecular flexibility index (Phi) is 6.36. The number of nitrogens with one attached hydrogen (secondary N) is 1. The van der Waals surface area contributed by atoms with Crippen LogP contribution in [0.2, 0.25) is 0 Å². The molecule has 1 aliphatic rings. The number of phenols is 1. The fraction of sp³-hybridized carbons (Fsp3) is 0.455. The van der Waals surface area contributed by atoms with Crippen LogP contribution in [-0.4, -0.2) is 61.2 Å². The van der Waals surface area contributed by atoms with Gasteiger partial charge in [0.15, 0.2) is 0 Å². The van der Waals surface area contributed by atoms with Gasteiger partial charge in [-0.25, -0.2) is 0 Å². The first-order valence-electron chi connectivity index (χ1n) is 10.1. The van der Waals surface area contributed by atoms with E-state index < -0.39 is 0 Å². The highest BCUT2D eigenvalue weighted by atomic mass is 16.3. The number of nitrogens with zero attached hydrogens (tertiary/aromatic N) is 6. The van der Waals surface area contributed by atoms with Gasteiger partial charge >= 0.3 is 0 Å². The molecule has 8 heteroatoms. The summed E-state index contributed by atoms with van der Waals surface area (Å²) in [5, 5.41) is 31.3. The number of benzene rings is 1. The Morgan fingerprint density at radius 2 is 2.10 bits per heavy atom. The van der Waals surface area contributed by atoms with Crippen molar-refractivity contribution in [3.8, 4) is 17.0 Å². The minimum Gasteiger partial charge on any atom is -0.507 e. The van der Waals surface area contributed by atoms with Gasteiger partial charge in [0.25, 0.3) is 0 Å². The molecule has 0 aliphatic carbocycles. The van der Waals surface area contributed by atoms with Crippen LogP contribution in [0.1, 0.15) is 39.7 Å². The Hall–Kier alpha value is -3.00. The molecule has 1 aliphatic heterocycles. The highest BCUT2D eigenvalue weighted by Gasteiger charge is 2.26. The molecule has 3 rings (SSSR count). The number of hydrogen-bond acceptors (Lipinski definition) is 6. The molecule has 1 aromatic carbocycles. The molecule has 2 heterocycles. The van der Waals surface area contributed by atoms with Crippen LogP contribution in [0.3, 0.4) is 0 Å². The highest BCUT2D eigenvalue weighted by Crippen LogP contribution is 2.26. The summed E-state index contributed by atoms with van der Waals surface area (Å²) >= 11 is 0. The molecule has 0 radical (unpaired) electrons. The van der Waals surface area contributed by atoms with Crippen LogP contribution < -0.4 is 5.32 Å². The number of hydrogen-bond donors (Lipinski definition) is 2. The molecule has 1 saturated heterocycles. The van der Waals surface area contributed by atoms with Gasteiger partial charge in [-0.2, -0.15) is 15.0 Å². The number of likely N-dealkylation sites (tertiary alicyclic amines) is 1. The number of rotatable bonds is 5. The normalized spacial score (nSPS) is 18.2. The summed E-state index contributed by atoms with van der Waals surface area (Å²) in [4.78, 5) is 3.71. The quantitative estimate of drug-likeness (QED) is 0.450. The third-order valence-corrected chi connectivity index (χ3v) is 4.95. The first-order valence-corrected chi connectivity index (χ1v) is 10.1. The van der Waals surface area contributed by atoms with E-state index in [0.29, 0.717) is 23.0 Å². The van der Waals surface area contributed by atoms with E-state index in [1.807, 2.05) is 13.0 Å². The zero-order chi connectivity index (χ0) is 21.9. The van der Waals surface area contributed by atoms with Gasteiger partial charge in [0.1, 0.15) is 17.3 Å². The summed E-state index contributed by atoms with van der Waals surface area (Å²) in [6.07, 6.45) is 4.33. The SMILES string of the molecule is C=C/C(=N\N=C(/C)N1CCC(NC(C)(C)C)C1)c1ccc(-c2cnn(C)n2)cc1O. The van der Waals surface area contributed by atoms with Crippen LogP contribution in [0, 0.1) is 0 Å². The lowest BCUT2D eigenvalue weighted by molar-refractivity contribution is 0.360. The van der Waals surface area contributed by atoms with E-state index in [9.17, 15) is 5.11 Å². The van der Waals surface area contributed by atoms with E-state index in [2.05, 4.69) is 58.0 Å². The van der Waals surface area contributed by atoms with Gasteiger partial charge in [0.2, 0.25) is 0 Å². The van der Waals surface area contributed by atoms with E-state index in [4.69, 9.17) is 0 Å². The zero-order valence-electron chi connectivity index (χ0n) is 18.4. The molecular weight excluding hydrogens is 378 g/mol. The van der Waals surface area contributed by atoms with Crippen LogP contribution in [0.5, 0.6) is 5.75 Å². The first kappa shape index (κ1) is 21.7. The van der Waals surface area contributed by atoms with E-state index in [1.165, 1.54) is 4.80 Å². The van der Waals surface area contributed by atoms with E-state index in [0.717, 1.165) is 30.9 Å². The van der Waals surface area contributed by atoms with Crippen molar-refractivity contribution in [2.75, 3.05) is 13.1 Å². The molecular formula is C22H31N7O. The Bertz CT molecular complexity index is 968. The maximum Gasteiger partial charge on any atom is 0.125 e. The smallest absolute Gasteiger partial charge is 0.125 e. The number of amidine groups is 1. The molecule has 160 valence electrons. The van der Waals surface area contributed by atoms with Gasteiger partial charge in [0.05, 0.1) is 11.9 Å². The second kappa shape index (κ2) is 8.79. The highest BCUT2D eigenvalue weighted by molar-refractivity contribution is 6.10. The molecule has 8 nitrogen and oxygen atoms in total. The van der Waals surface area contributed by atoms with Crippen LogP contribution in [0.15, 0.2) is 47.3 Å². The lowest BCUT2D eigenvalue weighted by atomic mass is 10.0. The topological polar surface area (TPSA) is 90.9 Å². The summed E-state index contributed by atoms with van der Waals surface area (Å²) in [6, 6.07) is 5.76. The van der Waals surface area contributed by atoms with Crippen molar-refractivity contribution in [2.24, 2.45) is 17.3 Å². The van der Waals surface area contributed by atoms with Crippen molar-refractivity contribution in [2.45, 2.75) is 45.7 Å². The average Bonchev–Trinajstić information content (AvgIpc) is 3.30. The van der Waals surface area contributed by atoms with Gasteiger partial charge in [-0.3, -0.25) is 0 Å². The van der Waals surface area contributed by atoms with Crippen LogP contribution in [0.4, 0.5) is 0 Å². The largest absolute Gasteiger partial charge is 0.507 e. The number of phenolic OH excluding ortho intramolecular Hbond substituents is 1. The van der Waals surface area contributed by atoms with Crippen molar-refractivity contribution in [1.82, 2.24) is 25.2 Å². The lowest BCUT2D eigenvalue weighted by Gasteiger charge is -2.26. The van der Waals surface area contributed by atoms with Crippen LogP contribution in [0.25, 0.3) is 11.3 Å². The second-order valence-corrected chi connectivity index (χ2v) is 8.61. The van der Waals surface area contributed by atoms with Crippen molar-refractivity contribution >= 4 is 11.5 Å². The minimum absolute atomic E-state index is 0.0922. The van der Waals surface area contributed by atoms with E-state index in [-0.39, 0.29) is 11.3 Å². The second-order valence-electron chi connectivity index (χ2n) is 8.61. The summed E-state index contributed by atoms with van der Waals surface area (Å²) in [5.41, 5.74) is 2.65. The third-order valence-electron chi connectivity index (χ3n) is 4.95. The third kappa shape index (κ3) is 5.33. The molecule has 0 spiro atoms. The van der Waals surface area contributed by atoms with Crippen LogP contribution in [-0.2, 0) is 7.05 Å². The molecule has 30 heavy (non-hydrogen) atoms. The first-order chi connectivity index (χ1) is 14.2. The molecule has 2 aromatic rings. The molecule has 0 amide bonds. The fourth-order valence-corrected chi connectivity index (χ4v) is 3.56. The van der Waals surface area contributed by atoms with Crippen molar-refractivity contribution in [3.63, 3.8) is 0 Å².